The molecule has 0 spiro atoms. The molecule has 0 amide bonds. The van der Waals surface area contributed by atoms with Crippen molar-refractivity contribution in [3.05, 3.63) is 0 Å². The van der Waals surface area contributed by atoms with Crippen molar-refractivity contribution in [2.75, 3.05) is 13.6 Å². The Balaban J connectivity index is 4.17. The highest BCUT2D eigenvalue weighted by atomic mass is 16.3. The maximum absolute atomic E-state index is 10.1. The second-order valence-electron chi connectivity index (χ2n) is 4.94. The average molecular weight is 189 g/mol. The highest BCUT2D eigenvalue weighted by molar-refractivity contribution is 4.88. The second-order valence-corrected chi connectivity index (χ2v) is 4.94. The van der Waals surface area contributed by atoms with E-state index in [1.807, 2.05) is 20.8 Å². The predicted molar refractivity (Wildman–Crippen MR) is 54.6 cm³/mol. The third kappa shape index (κ3) is 4.07. The first-order chi connectivity index (χ1) is 5.70. The van der Waals surface area contributed by atoms with Gasteiger partial charge in [0.05, 0.1) is 11.7 Å². The summed E-state index contributed by atoms with van der Waals surface area (Å²) in [5.41, 5.74) is -1.04. The number of nitrogens with one attached hydrogen (secondary N) is 1. The zero-order chi connectivity index (χ0) is 10.7. The number of aliphatic hydroxyl groups excluding tert-OH is 1. The summed E-state index contributed by atoms with van der Waals surface area (Å²) in [6.45, 7) is 8.20. The van der Waals surface area contributed by atoms with Gasteiger partial charge in [0, 0.05) is 13.0 Å². The van der Waals surface area contributed by atoms with Gasteiger partial charge in [0.15, 0.2) is 0 Å². The SMILES string of the molecule is CNC[C@H](O)C[C@@](C)(O)C(C)(C)C. The fourth-order valence-electron chi connectivity index (χ4n) is 1.07. The lowest BCUT2D eigenvalue weighted by atomic mass is 9.74. The molecule has 3 nitrogen and oxygen atoms in total. The van der Waals surface area contributed by atoms with Gasteiger partial charge in [0.2, 0.25) is 0 Å². The molecule has 13 heavy (non-hydrogen) atoms. The van der Waals surface area contributed by atoms with Crippen LogP contribution in [-0.2, 0) is 0 Å². The second kappa shape index (κ2) is 4.40. The predicted octanol–water partition coefficient (Wildman–Crippen LogP) is 0.754. The third-order valence-electron chi connectivity index (χ3n) is 2.69. The Morgan fingerprint density at radius 1 is 1.23 bits per heavy atom. The third-order valence-corrected chi connectivity index (χ3v) is 2.69. The minimum atomic E-state index is -0.830. The zero-order valence-electron chi connectivity index (χ0n) is 9.39. The van der Waals surface area contributed by atoms with Crippen LogP contribution in [0, 0.1) is 5.41 Å². The summed E-state index contributed by atoms with van der Waals surface area (Å²) in [6, 6.07) is 0. The Hall–Kier alpha value is -0.120. The number of aliphatic hydroxyl groups is 2. The van der Waals surface area contributed by atoms with Crippen molar-refractivity contribution in [2.45, 2.75) is 45.8 Å². The fourth-order valence-corrected chi connectivity index (χ4v) is 1.07. The molecule has 0 saturated heterocycles. The monoisotopic (exact) mass is 189 g/mol. The van der Waals surface area contributed by atoms with Crippen molar-refractivity contribution in [2.24, 2.45) is 5.41 Å². The number of hydrogen-bond donors (Lipinski definition) is 3. The summed E-state index contributed by atoms with van der Waals surface area (Å²) < 4.78 is 0. The van der Waals surface area contributed by atoms with E-state index in [0.717, 1.165) is 0 Å². The van der Waals surface area contributed by atoms with E-state index in [1.54, 1.807) is 14.0 Å². The summed E-state index contributed by atoms with van der Waals surface area (Å²) in [4.78, 5) is 0. The topological polar surface area (TPSA) is 52.5 Å². The molecule has 0 aromatic rings. The van der Waals surface area contributed by atoms with Gasteiger partial charge in [-0.3, -0.25) is 0 Å². The highest BCUT2D eigenvalue weighted by Crippen LogP contribution is 2.33. The Kier molecular flexibility index (Phi) is 4.36. The Morgan fingerprint density at radius 3 is 2.00 bits per heavy atom. The highest BCUT2D eigenvalue weighted by Gasteiger charge is 2.36. The van der Waals surface area contributed by atoms with Crippen LogP contribution in [0.2, 0.25) is 0 Å². The molecular weight excluding hydrogens is 166 g/mol. The molecule has 0 saturated carbocycles. The average Bonchev–Trinajstić information content (AvgIpc) is 1.83. The quantitative estimate of drug-likeness (QED) is 0.612. The first-order valence-electron chi connectivity index (χ1n) is 4.76. The van der Waals surface area contributed by atoms with Gasteiger partial charge in [0.1, 0.15) is 0 Å². The van der Waals surface area contributed by atoms with Gasteiger partial charge >= 0.3 is 0 Å². The largest absolute Gasteiger partial charge is 0.392 e. The number of hydrogen-bond acceptors (Lipinski definition) is 3. The van der Waals surface area contributed by atoms with Gasteiger partial charge in [-0.05, 0) is 19.4 Å². The van der Waals surface area contributed by atoms with Crippen LogP contribution in [-0.4, -0.2) is 35.5 Å². The van der Waals surface area contributed by atoms with Crippen molar-refractivity contribution in [1.29, 1.82) is 0 Å². The summed E-state index contributed by atoms with van der Waals surface area (Å²) in [5.74, 6) is 0. The van der Waals surface area contributed by atoms with Gasteiger partial charge in [0.25, 0.3) is 0 Å². The molecule has 0 aliphatic carbocycles. The fraction of sp³-hybridized carbons (Fsp3) is 1.00. The van der Waals surface area contributed by atoms with Crippen LogP contribution in [0.15, 0.2) is 0 Å². The zero-order valence-corrected chi connectivity index (χ0v) is 9.39. The molecular formula is C10H23NO2. The van der Waals surface area contributed by atoms with E-state index in [2.05, 4.69) is 5.32 Å². The molecule has 3 heteroatoms. The molecule has 0 aliphatic heterocycles. The van der Waals surface area contributed by atoms with E-state index in [0.29, 0.717) is 13.0 Å². The normalized spacial score (nSPS) is 19.6. The smallest absolute Gasteiger partial charge is 0.0692 e. The van der Waals surface area contributed by atoms with Gasteiger partial charge in [-0.15, -0.1) is 0 Å². The van der Waals surface area contributed by atoms with E-state index in [1.165, 1.54) is 0 Å². The molecule has 0 aromatic heterocycles. The summed E-state index contributed by atoms with van der Waals surface area (Å²) in [7, 11) is 1.79. The van der Waals surface area contributed by atoms with Crippen LogP contribution in [0.1, 0.15) is 34.1 Å². The Bertz CT molecular complexity index is 149. The van der Waals surface area contributed by atoms with Gasteiger partial charge in [-0.2, -0.15) is 0 Å². The molecule has 0 rings (SSSR count). The van der Waals surface area contributed by atoms with Crippen LogP contribution in [0.4, 0.5) is 0 Å². The van der Waals surface area contributed by atoms with Crippen LogP contribution in [0.5, 0.6) is 0 Å². The minimum absolute atomic E-state index is 0.207. The maximum Gasteiger partial charge on any atom is 0.0692 e. The van der Waals surface area contributed by atoms with Crippen LogP contribution >= 0.6 is 0 Å². The Labute approximate surface area is 81.2 Å². The van der Waals surface area contributed by atoms with Gasteiger partial charge in [-0.25, -0.2) is 0 Å². The molecule has 3 N–H and O–H groups in total. The molecule has 0 fully saturated rings. The summed E-state index contributed by atoms with van der Waals surface area (Å²) in [5, 5.41) is 22.5. The van der Waals surface area contributed by atoms with Crippen LogP contribution in [0.25, 0.3) is 0 Å². The molecule has 0 aliphatic rings. The molecule has 0 bridgehead atoms. The van der Waals surface area contributed by atoms with Crippen LogP contribution in [0.3, 0.4) is 0 Å². The van der Waals surface area contributed by atoms with Gasteiger partial charge < -0.3 is 15.5 Å². The first-order valence-corrected chi connectivity index (χ1v) is 4.76. The van der Waals surface area contributed by atoms with Crippen molar-refractivity contribution in [3.63, 3.8) is 0 Å². The van der Waals surface area contributed by atoms with Crippen LogP contribution < -0.4 is 5.32 Å². The van der Waals surface area contributed by atoms with Crippen molar-refractivity contribution in [3.8, 4) is 0 Å². The molecule has 80 valence electrons. The molecule has 0 aromatic carbocycles. The Morgan fingerprint density at radius 2 is 1.69 bits per heavy atom. The molecule has 0 radical (unpaired) electrons. The molecule has 0 unspecified atom stereocenters. The lowest BCUT2D eigenvalue weighted by Gasteiger charge is -2.38. The summed E-state index contributed by atoms with van der Waals surface area (Å²) >= 11 is 0. The van der Waals surface area contributed by atoms with E-state index in [-0.39, 0.29) is 5.41 Å². The first kappa shape index (κ1) is 12.9. The number of likely N-dealkylation sites (N-methyl/N-ethyl adjacent to an activating group) is 1. The van der Waals surface area contributed by atoms with Crippen molar-refractivity contribution >= 4 is 0 Å². The van der Waals surface area contributed by atoms with E-state index in [4.69, 9.17) is 0 Å². The summed E-state index contributed by atoms with van der Waals surface area (Å²) in [6.07, 6.45) is -0.0867. The standard InChI is InChI=1S/C10H23NO2/c1-9(2,3)10(4,13)6-8(12)7-11-5/h8,11-13H,6-7H2,1-5H3/t8-,10-/m1/s1. The van der Waals surface area contributed by atoms with E-state index in [9.17, 15) is 10.2 Å². The lowest BCUT2D eigenvalue weighted by Crippen LogP contribution is -2.44. The van der Waals surface area contributed by atoms with E-state index >= 15 is 0 Å². The minimum Gasteiger partial charge on any atom is -0.392 e. The van der Waals surface area contributed by atoms with E-state index < -0.39 is 11.7 Å². The maximum atomic E-state index is 10.1. The van der Waals surface area contributed by atoms with Crippen molar-refractivity contribution in [1.82, 2.24) is 5.32 Å². The molecule has 2 atom stereocenters. The lowest BCUT2D eigenvalue weighted by molar-refractivity contribution is -0.0734. The molecule has 0 heterocycles. The number of rotatable bonds is 4. The van der Waals surface area contributed by atoms with Gasteiger partial charge in [-0.1, -0.05) is 20.8 Å². The van der Waals surface area contributed by atoms with Crippen molar-refractivity contribution < 1.29 is 10.2 Å².